The van der Waals surface area contributed by atoms with Crippen molar-refractivity contribution in [1.82, 2.24) is 0 Å². The maximum atomic E-state index is 13.1. The lowest BCUT2D eigenvalue weighted by Crippen LogP contribution is -2.14. The first-order valence-corrected chi connectivity index (χ1v) is 15.4. The Morgan fingerprint density at radius 3 is 2.02 bits per heavy atom. The number of hydrogen-bond acceptors (Lipinski definition) is 11. The average Bonchev–Trinajstić information content (AvgIpc) is 3.09. The third-order valence-corrected chi connectivity index (χ3v) is 7.74. The molecule has 4 aromatic rings. The summed E-state index contributed by atoms with van der Waals surface area (Å²) in [6.07, 6.45) is 0.227. The molecular formula is C36H34O10S. The molecule has 47 heavy (non-hydrogen) atoms. The summed E-state index contributed by atoms with van der Waals surface area (Å²) in [6.45, 7) is 7.10. The smallest absolute Gasteiger partial charge is 0.335 e. The summed E-state index contributed by atoms with van der Waals surface area (Å²) in [5.74, 6) is -0.632. The lowest BCUT2D eigenvalue weighted by molar-refractivity contribution is -0.144. The standard InChI is InChI=1S/C36H34O10S/c1-23(19-33(38)42-3)34(39)45-16-4-15-43-28-8-11-30(12-9-28)47-36(41)27-7-13-31-25(20-27)5-6-26-21-29(10-14-32(26)31)44-17-18-46-35(40)24(2)22-37/h5-14,20-21,37H,1-2,4,15-19,22H2,3H3. The van der Waals surface area contributed by atoms with Gasteiger partial charge in [0.25, 0.3) is 0 Å². The molecule has 0 radical (unpaired) electrons. The molecule has 0 unspecified atom stereocenters. The molecule has 0 bridgehead atoms. The van der Waals surface area contributed by atoms with Crippen LogP contribution in [0.5, 0.6) is 11.5 Å². The zero-order valence-corrected chi connectivity index (χ0v) is 26.6. The van der Waals surface area contributed by atoms with E-state index in [0.29, 0.717) is 30.1 Å². The molecule has 0 aliphatic carbocycles. The number of carbonyl (C=O) groups is 4. The van der Waals surface area contributed by atoms with E-state index in [1.807, 2.05) is 48.5 Å². The van der Waals surface area contributed by atoms with Crippen molar-refractivity contribution in [1.29, 1.82) is 0 Å². The molecule has 1 N–H and O–H groups in total. The fraction of sp³-hybridized carbons (Fsp3) is 0.222. The van der Waals surface area contributed by atoms with Gasteiger partial charge in [0.05, 0.1) is 38.9 Å². The molecule has 0 aliphatic rings. The number of benzene rings is 4. The SMILES string of the molecule is C=C(CO)C(=O)OCCOc1ccc2c(ccc3cc(C(=O)Sc4ccc(OCCCOC(=O)C(=C)CC(=O)OC)cc4)ccc32)c1. The van der Waals surface area contributed by atoms with E-state index in [4.69, 9.17) is 24.1 Å². The predicted octanol–water partition coefficient (Wildman–Crippen LogP) is 5.83. The third kappa shape index (κ3) is 9.93. The van der Waals surface area contributed by atoms with Gasteiger partial charge in [0, 0.05) is 22.5 Å². The van der Waals surface area contributed by atoms with Gasteiger partial charge in [-0.1, -0.05) is 37.4 Å². The number of rotatable bonds is 16. The normalized spacial score (nSPS) is 10.7. The number of thioether (sulfide) groups is 1. The van der Waals surface area contributed by atoms with Crippen molar-refractivity contribution in [3.63, 3.8) is 0 Å². The van der Waals surface area contributed by atoms with Crippen LogP contribution in [-0.2, 0) is 28.6 Å². The molecule has 0 atom stereocenters. The minimum Gasteiger partial charge on any atom is -0.493 e. The summed E-state index contributed by atoms with van der Waals surface area (Å²) >= 11 is 1.12. The Kier molecular flexibility index (Phi) is 12.5. The van der Waals surface area contributed by atoms with Crippen molar-refractivity contribution in [3.8, 4) is 11.5 Å². The van der Waals surface area contributed by atoms with Crippen LogP contribution in [-0.4, -0.2) is 68.3 Å². The Morgan fingerprint density at radius 1 is 0.702 bits per heavy atom. The Morgan fingerprint density at radius 2 is 1.32 bits per heavy atom. The Balaban J connectivity index is 1.26. The molecule has 0 fully saturated rings. The summed E-state index contributed by atoms with van der Waals surface area (Å²) in [5, 5.41) is 12.7. The molecular weight excluding hydrogens is 624 g/mol. The topological polar surface area (TPSA) is 135 Å². The van der Waals surface area contributed by atoms with Crippen LogP contribution >= 0.6 is 11.8 Å². The average molecular weight is 659 g/mol. The van der Waals surface area contributed by atoms with Crippen LogP contribution in [0.2, 0.25) is 0 Å². The number of carbonyl (C=O) groups excluding carboxylic acids is 4. The van der Waals surface area contributed by atoms with Gasteiger partial charge in [-0.2, -0.15) is 0 Å². The van der Waals surface area contributed by atoms with Crippen molar-refractivity contribution in [2.45, 2.75) is 17.7 Å². The number of aliphatic hydroxyl groups is 1. The van der Waals surface area contributed by atoms with Crippen molar-refractivity contribution in [2.75, 3.05) is 40.1 Å². The molecule has 244 valence electrons. The van der Waals surface area contributed by atoms with E-state index >= 15 is 0 Å². The van der Waals surface area contributed by atoms with E-state index < -0.39 is 24.5 Å². The summed E-state index contributed by atoms with van der Waals surface area (Å²) in [4.78, 5) is 48.5. The van der Waals surface area contributed by atoms with Gasteiger partial charge in [-0.3, -0.25) is 9.59 Å². The van der Waals surface area contributed by atoms with Crippen molar-refractivity contribution in [3.05, 3.63) is 103 Å². The van der Waals surface area contributed by atoms with E-state index in [0.717, 1.165) is 38.2 Å². The van der Waals surface area contributed by atoms with Crippen LogP contribution in [0.1, 0.15) is 23.2 Å². The van der Waals surface area contributed by atoms with Crippen molar-refractivity contribution in [2.24, 2.45) is 0 Å². The quantitative estimate of drug-likeness (QED) is 0.0389. The Hall–Kier alpha value is -5.13. The van der Waals surface area contributed by atoms with Crippen LogP contribution in [0.15, 0.2) is 102 Å². The number of hydrogen-bond donors (Lipinski definition) is 1. The fourth-order valence-corrected chi connectivity index (χ4v) is 5.06. The lowest BCUT2D eigenvalue weighted by atomic mass is 10.0. The van der Waals surface area contributed by atoms with E-state index in [-0.39, 0.29) is 42.5 Å². The zero-order chi connectivity index (χ0) is 33.8. The minimum atomic E-state index is -0.657. The molecule has 10 nitrogen and oxygen atoms in total. The summed E-state index contributed by atoms with van der Waals surface area (Å²) in [5.41, 5.74) is 0.591. The van der Waals surface area contributed by atoms with Crippen molar-refractivity contribution >= 4 is 56.3 Å². The Labute approximate surface area is 275 Å². The number of ether oxygens (including phenoxy) is 5. The first kappa shape index (κ1) is 34.7. The molecule has 0 saturated heterocycles. The maximum Gasteiger partial charge on any atom is 0.335 e. The van der Waals surface area contributed by atoms with Gasteiger partial charge in [0.15, 0.2) is 0 Å². The second-order valence-corrected chi connectivity index (χ2v) is 11.2. The highest BCUT2D eigenvalue weighted by Crippen LogP contribution is 2.31. The van der Waals surface area contributed by atoms with E-state index in [1.54, 1.807) is 24.3 Å². The highest BCUT2D eigenvalue weighted by molar-refractivity contribution is 8.14. The van der Waals surface area contributed by atoms with Crippen LogP contribution in [0.25, 0.3) is 21.5 Å². The van der Waals surface area contributed by atoms with Crippen LogP contribution in [0, 0.1) is 0 Å². The highest BCUT2D eigenvalue weighted by atomic mass is 32.2. The van der Waals surface area contributed by atoms with Gasteiger partial charge >= 0.3 is 17.9 Å². The zero-order valence-electron chi connectivity index (χ0n) is 25.8. The monoisotopic (exact) mass is 658 g/mol. The largest absolute Gasteiger partial charge is 0.493 e. The minimum absolute atomic E-state index is 0.0121. The summed E-state index contributed by atoms with van der Waals surface area (Å²) in [6, 6.07) is 22.4. The molecule has 4 aromatic carbocycles. The van der Waals surface area contributed by atoms with Crippen molar-refractivity contribution < 1.29 is 48.0 Å². The highest BCUT2D eigenvalue weighted by Gasteiger charge is 2.14. The van der Waals surface area contributed by atoms with Gasteiger partial charge in [0.2, 0.25) is 5.12 Å². The second kappa shape index (κ2) is 17.0. The fourth-order valence-electron chi connectivity index (χ4n) is 4.33. The first-order valence-electron chi connectivity index (χ1n) is 14.6. The van der Waals surface area contributed by atoms with Gasteiger partial charge < -0.3 is 28.8 Å². The van der Waals surface area contributed by atoms with Crippen LogP contribution in [0.4, 0.5) is 0 Å². The van der Waals surface area contributed by atoms with Crippen LogP contribution < -0.4 is 9.47 Å². The maximum absolute atomic E-state index is 13.1. The van der Waals surface area contributed by atoms with Gasteiger partial charge in [-0.15, -0.1) is 0 Å². The second-order valence-electron chi connectivity index (χ2n) is 10.2. The van der Waals surface area contributed by atoms with E-state index in [1.165, 1.54) is 7.11 Å². The third-order valence-electron chi connectivity index (χ3n) is 6.81. The van der Waals surface area contributed by atoms with Gasteiger partial charge in [-0.05, 0) is 81.8 Å². The molecule has 0 aromatic heterocycles. The first-order chi connectivity index (χ1) is 22.7. The molecule has 0 aliphatic heterocycles. The number of esters is 3. The predicted molar refractivity (Wildman–Crippen MR) is 178 cm³/mol. The molecule has 0 saturated carbocycles. The molecule has 11 heteroatoms. The molecule has 0 amide bonds. The molecule has 0 spiro atoms. The molecule has 4 rings (SSSR count). The lowest BCUT2D eigenvalue weighted by Gasteiger charge is -2.10. The Bertz CT molecular complexity index is 1800. The number of aliphatic hydroxyl groups excluding tert-OH is 1. The number of methoxy groups -OCH3 is 1. The summed E-state index contributed by atoms with van der Waals surface area (Å²) in [7, 11) is 1.23. The summed E-state index contributed by atoms with van der Waals surface area (Å²) < 4.78 is 26.0. The van der Waals surface area contributed by atoms with E-state index in [2.05, 4.69) is 17.9 Å². The molecule has 0 heterocycles. The van der Waals surface area contributed by atoms with Crippen LogP contribution in [0.3, 0.4) is 0 Å². The van der Waals surface area contributed by atoms with Gasteiger partial charge in [-0.25, -0.2) is 9.59 Å². The van der Waals surface area contributed by atoms with Gasteiger partial charge in [0.1, 0.15) is 24.7 Å². The van der Waals surface area contributed by atoms with E-state index in [9.17, 15) is 19.2 Å². The number of fused-ring (bicyclic) bond motifs is 3.